The second-order valence-corrected chi connectivity index (χ2v) is 4.86. The number of benzene rings is 1. The van der Waals surface area contributed by atoms with Gasteiger partial charge in [0.15, 0.2) is 5.75 Å². The van der Waals surface area contributed by atoms with E-state index in [1.165, 1.54) is 12.1 Å². The van der Waals surface area contributed by atoms with Crippen LogP contribution in [0.4, 0.5) is 5.69 Å². The average molecular weight is 264 g/mol. The van der Waals surface area contributed by atoms with Gasteiger partial charge in [-0.25, -0.2) is 0 Å². The van der Waals surface area contributed by atoms with Gasteiger partial charge in [-0.2, -0.15) is 0 Å². The predicted molar refractivity (Wildman–Crippen MR) is 75.3 cm³/mol. The van der Waals surface area contributed by atoms with Crippen LogP contribution < -0.4 is 5.32 Å². The first-order valence-corrected chi connectivity index (χ1v) is 6.19. The number of phenols is 1. The van der Waals surface area contributed by atoms with E-state index in [1.54, 1.807) is 6.07 Å². The van der Waals surface area contributed by atoms with Crippen LogP contribution in [0.2, 0.25) is 0 Å². The fourth-order valence-corrected chi connectivity index (χ4v) is 1.90. The molecule has 0 aliphatic carbocycles. The Balaban J connectivity index is 2.95. The molecule has 1 unspecified atom stereocenters. The molecule has 5 heteroatoms. The van der Waals surface area contributed by atoms with Crippen molar-refractivity contribution in [3.63, 3.8) is 0 Å². The zero-order valence-corrected chi connectivity index (χ0v) is 11.5. The van der Waals surface area contributed by atoms with E-state index in [2.05, 4.69) is 25.7 Å². The Hall–Kier alpha value is -1.88. The molecule has 0 aliphatic heterocycles. The van der Waals surface area contributed by atoms with Gasteiger partial charge in [-0.05, 0) is 31.0 Å². The molecule has 1 aromatic rings. The quantitative estimate of drug-likeness (QED) is 0.470. The molecule has 104 valence electrons. The minimum Gasteiger partial charge on any atom is -0.502 e. The maximum absolute atomic E-state index is 10.8. The smallest absolute Gasteiger partial charge is 0.310 e. The molecule has 0 aromatic heterocycles. The highest BCUT2D eigenvalue weighted by Gasteiger charge is 2.18. The zero-order chi connectivity index (χ0) is 14.6. The number of nitrogens with one attached hydrogen (secondary N) is 1. The first-order chi connectivity index (χ1) is 8.86. The monoisotopic (exact) mass is 264 g/mol. The third-order valence-corrected chi connectivity index (χ3v) is 3.21. The molecule has 0 bridgehead atoms. The second-order valence-electron chi connectivity index (χ2n) is 4.86. The van der Waals surface area contributed by atoms with Crippen molar-refractivity contribution in [1.29, 1.82) is 0 Å². The van der Waals surface area contributed by atoms with E-state index in [-0.39, 0.29) is 17.5 Å². The summed E-state index contributed by atoms with van der Waals surface area (Å²) >= 11 is 0. The zero-order valence-electron chi connectivity index (χ0n) is 11.5. The van der Waals surface area contributed by atoms with Crippen LogP contribution in [-0.2, 0) is 6.42 Å². The summed E-state index contributed by atoms with van der Waals surface area (Å²) in [5, 5.41) is 23.4. The van der Waals surface area contributed by atoms with Gasteiger partial charge in [0.25, 0.3) is 0 Å². The molecule has 1 aromatic carbocycles. The molecule has 0 saturated heterocycles. The number of rotatable bonds is 6. The van der Waals surface area contributed by atoms with E-state index < -0.39 is 4.92 Å². The lowest BCUT2D eigenvalue weighted by Crippen LogP contribution is -2.31. The Morgan fingerprint density at radius 3 is 2.63 bits per heavy atom. The summed E-state index contributed by atoms with van der Waals surface area (Å²) in [6.07, 6.45) is 0.606. The van der Waals surface area contributed by atoms with Crippen molar-refractivity contribution < 1.29 is 10.0 Å². The van der Waals surface area contributed by atoms with Gasteiger partial charge >= 0.3 is 5.69 Å². The summed E-state index contributed by atoms with van der Waals surface area (Å²) in [5.41, 5.74) is 1.59. The lowest BCUT2D eigenvalue weighted by molar-refractivity contribution is -0.385. The maximum Gasteiger partial charge on any atom is 0.310 e. The minimum atomic E-state index is -0.579. The van der Waals surface area contributed by atoms with Crippen LogP contribution >= 0.6 is 0 Å². The molecule has 0 amide bonds. The largest absolute Gasteiger partial charge is 0.502 e. The Labute approximate surface area is 113 Å². The molecule has 0 saturated carbocycles. The number of aromatic hydroxyl groups is 1. The van der Waals surface area contributed by atoms with E-state index in [9.17, 15) is 15.2 Å². The van der Waals surface area contributed by atoms with Gasteiger partial charge in [0.2, 0.25) is 0 Å². The van der Waals surface area contributed by atoms with Crippen LogP contribution in [0, 0.1) is 16.0 Å². The normalized spacial score (nSPS) is 12.4. The number of nitro benzene ring substituents is 1. The van der Waals surface area contributed by atoms with E-state index in [0.29, 0.717) is 12.3 Å². The molecule has 0 spiro atoms. The molecule has 0 radical (unpaired) electrons. The Bertz CT molecular complexity index is 484. The van der Waals surface area contributed by atoms with Gasteiger partial charge in [0, 0.05) is 12.1 Å². The van der Waals surface area contributed by atoms with Crippen molar-refractivity contribution in [2.75, 3.05) is 7.05 Å². The fourth-order valence-electron chi connectivity index (χ4n) is 1.90. The number of nitrogens with zero attached hydrogens (tertiary/aromatic N) is 1. The third-order valence-electron chi connectivity index (χ3n) is 3.21. The molecule has 0 heterocycles. The summed E-state index contributed by atoms with van der Waals surface area (Å²) < 4.78 is 0. The Morgan fingerprint density at radius 2 is 2.16 bits per heavy atom. The Kier molecular flexibility index (Phi) is 5.06. The number of phenolic OH excluding ortho intramolecular Hbond substituents is 1. The highest BCUT2D eigenvalue weighted by molar-refractivity contribution is 5.48. The molecule has 19 heavy (non-hydrogen) atoms. The predicted octanol–water partition coefficient (Wildman–Crippen LogP) is 2.64. The van der Waals surface area contributed by atoms with Gasteiger partial charge in [0.1, 0.15) is 0 Å². The summed E-state index contributed by atoms with van der Waals surface area (Å²) in [5.74, 6) is 0.0296. The van der Waals surface area contributed by atoms with Gasteiger partial charge in [0.05, 0.1) is 4.92 Å². The number of hydrogen-bond acceptors (Lipinski definition) is 4. The van der Waals surface area contributed by atoms with Crippen molar-refractivity contribution in [3.8, 4) is 5.75 Å². The molecule has 0 fully saturated rings. The van der Waals surface area contributed by atoms with Crippen molar-refractivity contribution in [2.45, 2.75) is 26.3 Å². The highest BCUT2D eigenvalue weighted by atomic mass is 16.6. The van der Waals surface area contributed by atoms with Gasteiger partial charge in [-0.1, -0.05) is 32.1 Å². The van der Waals surface area contributed by atoms with E-state index in [0.717, 1.165) is 11.1 Å². The van der Waals surface area contributed by atoms with Crippen LogP contribution in [0.15, 0.2) is 30.4 Å². The molecule has 1 atom stereocenters. The number of nitro groups is 1. The second kappa shape index (κ2) is 6.33. The summed E-state index contributed by atoms with van der Waals surface area (Å²) in [6.45, 7) is 8.17. The molecular weight excluding hydrogens is 244 g/mol. The first-order valence-electron chi connectivity index (χ1n) is 6.19. The van der Waals surface area contributed by atoms with E-state index >= 15 is 0 Å². The molecule has 0 aliphatic rings. The number of hydrogen-bond donors (Lipinski definition) is 2. The summed E-state index contributed by atoms with van der Waals surface area (Å²) in [6, 6.07) is 4.52. The van der Waals surface area contributed by atoms with E-state index in [1.807, 2.05) is 7.05 Å². The lowest BCUT2D eigenvalue weighted by atomic mass is 9.92. The van der Waals surface area contributed by atoms with Crippen molar-refractivity contribution in [1.82, 2.24) is 5.32 Å². The van der Waals surface area contributed by atoms with Gasteiger partial charge in [-0.15, -0.1) is 0 Å². The third kappa shape index (κ3) is 3.79. The standard InChI is InChI=1S/C14H20N2O3/c1-9(2)10(3)12(15-4)7-11-5-6-14(17)13(8-11)16(18)19/h5-6,8-9,12,15,17H,3,7H2,1-2,4H3. The van der Waals surface area contributed by atoms with Crippen LogP contribution in [0.1, 0.15) is 19.4 Å². The minimum absolute atomic E-state index is 0.0594. The molecule has 1 rings (SSSR count). The SMILES string of the molecule is C=C(C(C)C)C(Cc1ccc(O)c([N+](=O)[O-])c1)NC. The van der Waals surface area contributed by atoms with Crippen molar-refractivity contribution >= 4 is 5.69 Å². The van der Waals surface area contributed by atoms with Crippen molar-refractivity contribution in [2.24, 2.45) is 5.92 Å². The molecular formula is C14H20N2O3. The molecule has 2 N–H and O–H groups in total. The average Bonchev–Trinajstić information content (AvgIpc) is 2.36. The number of likely N-dealkylation sites (N-methyl/N-ethyl adjacent to an activating group) is 1. The van der Waals surface area contributed by atoms with Crippen LogP contribution in [0.5, 0.6) is 5.75 Å². The van der Waals surface area contributed by atoms with Gasteiger partial charge < -0.3 is 10.4 Å². The van der Waals surface area contributed by atoms with E-state index in [4.69, 9.17) is 0 Å². The summed E-state index contributed by atoms with van der Waals surface area (Å²) in [7, 11) is 1.84. The lowest BCUT2D eigenvalue weighted by Gasteiger charge is -2.21. The van der Waals surface area contributed by atoms with Crippen LogP contribution in [0.25, 0.3) is 0 Å². The first kappa shape index (κ1) is 15.2. The highest BCUT2D eigenvalue weighted by Crippen LogP contribution is 2.27. The topological polar surface area (TPSA) is 75.4 Å². The fraction of sp³-hybridized carbons (Fsp3) is 0.429. The van der Waals surface area contributed by atoms with Crippen LogP contribution in [0.3, 0.4) is 0 Å². The summed E-state index contributed by atoms with van der Waals surface area (Å²) in [4.78, 5) is 10.2. The van der Waals surface area contributed by atoms with Crippen LogP contribution in [-0.4, -0.2) is 23.1 Å². The van der Waals surface area contributed by atoms with Gasteiger partial charge in [-0.3, -0.25) is 10.1 Å². The van der Waals surface area contributed by atoms with Crippen molar-refractivity contribution in [3.05, 3.63) is 46.0 Å². The molecule has 5 nitrogen and oxygen atoms in total. The Morgan fingerprint density at radius 1 is 1.53 bits per heavy atom. The maximum atomic E-state index is 10.8.